The lowest BCUT2D eigenvalue weighted by Gasteiger charge is -2.44. The van der Waals surface area contributed by atoms with E-state index in [9.17, 15) is 4.79 Å². The topological polar surface area (TPSA) is 48.0 Å². The van der Waals surface area contributed by atoms with E-state index in [-0.39, 0.29) is 24.2 Å². The molecule has 1 aliphatic rings. The Morgan fingerprint density at radius 2 is 1.53 bits per heavy atom. The van der Waals surface area contributed by atoms with E-state index >= 15 is 0 Å². The molecule has 1 heterocycles. The summed E-state index contributed by atoms with van der Waals surface area (Å²) in [6, 6.07) is 10.0. The van der Waals surface area contributed by atoms with Crippen LogP contribution >= 0.6 is 0 Å². The highest BCUT2D eigenvalue weighted by molar-refractivity contribution is 5.78. The zero-order valence-electron chi connectivity index (χ0n) is 19.2. The Morgan fingerprint density at radius 3 is 2.20 bits per heavy atom. The maximum absolute atomic E-state index is 13.2. The molecular weight excluding hydrogens is 378 g/mol. The van der Waals surface area contributed by atoms with Gasteiger partial charge in [-0.3, -0.25) is 4.79 Å². The fourth-order valence-corrected chi connectivity index (χ4v) is 3.75. The first-order valence-corrected chi connectivity index (χ1v) is 11.9. The molecule has 0 N–H and O–H groups in total. The molecule has 0 spiro atoms. The average molecular weight is 420 g/mol. The minimum atomic E-state index is -0.201. The van der Waals surface area contributed by atoms with Crippen LogP contribution in [0.15, 0.2) is 30.3 Å². The third kappa shape index (κ3) is 8.01. The average Bonchev–Trinajstić information content (AvgIpc) is 2.76. The smallest absolute Gasteiger partial charge is 0.226 e. The molecule has 1 amide bonds. The molecule has 2 rings (SSSR count). The second-order valence-electron chi connectivity index (χ2n) is 8.16. The molecule has 0 bridgehead atoms. The molecule has 0 aromatic heterocycles. The molecule has 5 nitrogen and oxygen atoms in total. The quantitative estimate of drug-likeness (QED) is 0.376. The van der Waals surface area contributed by atoms with E-state index in [4.69, 9.17) is 14.2 Å². The zero-order valence-corrected chi connectivity index (χ0v) is 19.2. The fraction of sp³-hybridized carbons (Fsp3) is 0.720. The van der Waals surface area contributed by atoms with Crippen LogP contribution in [-0.4, -0.2) is 55.5 Å². The molecule has 0 aliphatic carbocycles. The van der Waals surface area contributed by atoms with Crippen molar-refractivity contribution in [3.63, 3.8) is 0 Å². The molecule has 1 saturated heterocycles. The lowest BCUT2D eigenvalue weighted by Crippen LogP contribution is -2.60. The van der Waals surface area contributed by atoms with E-state index in [1.165, 1.54) is 0 Å². The lowest BCUT2D eigenvalue weighted by atomic mass is 9.94. The molecular formula is C25H41NO4. The molecule has 1 aliphatic heterocycles. The zero-order chi connectivity index (χ0) is 21.6. The minimum Gasteiger partial charge on any atom is -0.379 e. The van der Waals surface area contributed by atoms with Gasteiger partial charge in [-0.15, -0.1) is 0 Å². The molecule has 5 heteroatoms. The number of piperidine rings is 1. The first-order chi connectivity index (χ1) is 14.7. The summed E-state index contributed by atoms with van der Waals surface area (Å²) < 4.78 is 18.5. The summed E-state index contributed by atoms with van der Waals surface area (Å²) >= 11 is 0. The van der Waals surface area contributed by atoms with Gasteiger partial charge >= 0.3 is 0 Å². The van der Waals surface area contributed by atoms with Crippen LogP contribution in [0, 0.1) is 0 Å². The highest BCUT2D eigenvalue weighted by Crippen LogP contribution is 2.27. The molecule has 3 atom stereocenters. The Hall–Kier alpha value is -1.43. The van der Waals surface area contributed by atoms with E-state index in [1.54, 1.807) is 0 Å². The number of ether oxygens (including phenoxy) is 3. The van der Waals surface area contributed by atoms with Crippen molar-refractivity contribution in [3.8, 4) is 0 Å². The second-order valence-corrected chi connectivity index (χ2v) is 8.16. The molecule has 0 radical (unpaired) electrons. The van der Waals surface area contributed by atoms with Gasteiger partial charge in [0.25, 0.3) is 0 Å². The van der Waals surface area contributed by atoms with Crippen LogP contribution in [0.3, 0.4) is 0 Å². The van der Waals surface area contributed by atoms with Gasteiger partial charge in [-0.1, -0.05) is 70.4 Å². The van der Waals surface area contributed by atoms with Gasteiger partial charge in [0.15, 0.2) is 0 Å². The number of likely N-dealkylation sites (tertiary alicyclic amines) is 1. The minimum absolute atomic E-state index is 0.125. The summed E-state index contributed by atoms with van der Waals surface area (Å²) in [6.45, 7) is 9.61. The van der Waals surface area contributed by atoms with Gasteiger partial charge in [0, 0.05) is 26.4 Å². The number of hydrogen-bond acceptors (Lipinski definition) is 4. The van der Waals surface area contributed by atoms with Crippen LogP contribution < -0.4 is 0 Å². The van der Waals surface area contributed by atoms with Gasteiger partial charge in [-0.05, 0) is 24.8 Å². The number of rotatable bonds is 15. The Bertz CT molecular complexity index is 580. The summed E-state index contributed by atoms with van der Waals surface area (Å²) in [4.78, 5) is 15.1. The van der Waals surface area contributed by atoms with Crippen LogP contribution in [0.1, 0.15) is 71.3 Å². The summed E-state index contributed by atoms with van der Waals surface area (Å²) in [5.41, 5.74) is 1.13. The van der Waals surface area contributed by atoms with Crippen LogP contribution in [0.5, 0.6) is 0 Å². The summed E-state index contributed by atoms with van der Waals surface area (Å²) in [5, 5.41) is 0. The number of unbranched alkanes of at least 4 members (excludes halogenated alkanes) is 3. The Balaban J connectivity index is 2.18. The number of nitrogens with zero attached hydrogens (tertiary/aromatic N) is 1. The molecule has 1 aromatic rings. The van der Waals surface area contributed by atoms with Gasteiger partial charge < -0.3 is 19.1 Å². The summed E-state index contributed by atoms with van der Waals surface area (Å²) in [5.74, 6) is 0.125. The van der Waals surface area contributed by atoms with Gasteiger partial charge in [-0.2, -0.15) is 0 Å². The molecule has 170 valence electrons. The Morgan fingerprint density at radius 1 is 0.900 bits per heavy atom. The van der Waals surface area contributed by atoms with Crippen molar-refractivity contribution in [1.29, 1.82) is 0 Å². The number of amides is 1. The van der Waals surface area contributed by atoms with E-state index in [2.05, 4.69) is 32.9 Å². The normalized spacial score (nSPS) is 21.9. The van der Waals surface area contributed by atoms with E-state index in [0.717, 1.165) is 44.1 Å². The van der Waals surface area contributed by atoms with Crippen molar-refractivity contribution < 1.29 is 19.0 Å². The predicted molar refractivity (Wildman–Crippen MR) is 120 cm³/mol. The number of hydrogen-bond donors (Lipinski definition) is 0. The summed E-state index contributed by atoms with van der Waals surface area (Å²) in [6.07, 6.45) is 6.30. The maximum atomic E-state index is 13.2. The highest BCUT2D eigenvalue weighted by Gasteiger charge is 2.43. The third-order valence-electron chi connectivity index (χ3n) is 5.61. The first-order valence-electron chi connectivity index (χ1n) is 11.9. The van der Waals surface area contributed by atoms with Gasteiger partial charge in [0.05, 0.1) is 25.2 Å². The van der Waals surface area contributed by atoms with Crippen LogP contribution in [0.4, 0.5) is 0 Å². The van der Waals surface area contributed by atoms with Crippen molar-refractivity contribution in [3.05, 3.63) is 35.9 Å². The number of benzene rings is 1. The van der Waals surface area contributed by atoms with Crippen LogP contribution in [-0.2, 0) is 25.5 Å². The Labute approximate surface area is 183 Å². The second kappa shape index (κ2) is 14.6. The van der Waals surface area contributed by atoms with Crippen LogP contribution in [0.2, 0.25) is 0 Å². The van der Waals surface area contributed by atoms with Crippen LogP contribution in [0.25, 0.3) is 0 Å². The van der Waals surface area contributed by atoms with E-state index < -0.39 is 0 Å². The van der Waals surface area contributed by atoms with Gasteiger partial charge in [-0.25, -0.2) is 0 Å². The van der Waals surface area contributed by atoms with Gasteiger partial charge in [0.1, 0.15) is 6.10 Å². The fourth-order valence-electron chi connectivity index (χ4n) is 3.75. The monoisotopic (exact) mass is 419 g/mol. The highest BCUT2D eigenvalue weighted by atomic mass is 16.5. The number of carbonyl (C=O) groups excluding carboxylic acids is 1. The largest absolute Gasteiger partial charge is 0.379 e. The van der Waals surface area contributed by atoms with Crippen molar-refractivity contribution in [2.75, 3.05) is 26.4 Å². The van der Waals surface area contributed by atoms with Crippen molar-refractivity contribution in [2.45, 2.75) is 90.5 Å². The maximum Gasteiger partial charge on any atom is 0.226 e. The Kier molecular flexibility index (Phi) is 12.0. The van der Waals surface area contributed by atoms with Crippen molar-refractivity contribution in [1.82, 2.24) is 4.90 Å². The molecule has 1 fully saturated rings. The van der Waals surface area contributed by atoms with Gasteiger partial charge in [0.2, 0.25) is 5.91 Å². The van der Waals surface area contributed by atoms with E-state index in [0.29, 0.717) is 39.4 Å². The molecule has 1 aromatic carbocycles. The first kappa shape index (κ1) is 24.8. The third-order valence-corrected chi connectivity index (χ3v) is 5.61. The standard InChI is InChI=1S/C25H41NO4/c1-4-7-15-28-20-22-25(30-17-9-6-3)23(29-16-8-5-2)18-24(27)26(22)19-21-13-11-10-12-14-21/h10-14,22-23,25H,4-9,15-20H2,1-3H3. The summed E-state index contributed by atoms with van der Waals surface area (Å²) in [7, 11) is 0. The lowest BCUT2D eigenvalue weighted by molar-refractivity contribution is -0.174. The van der Waals surface area contributed by atoms with E-state index in [1.807, 2.05) is 23.1 Å². The number of carbonyl (C=O) groups is 1. The molecule has 30 heavy (non-hydrogen) atoms. The predicted octanol–water partition coefficient (Wildman–Crippen LogP) is 4.97. The SMILES string of the molecule is CCCCOCC1C(OCCCC)C(OCCCC)CC(=O)N1Cc1ccccc1. The van der Waals surface area contributed by atoms with Crippen molar-refractivity contribution in [2.24, 2.45) is 0 Å². The molecule has 0 saturated carbocycles. The van der Waals surface area contributed by atoms with Crippen molar-refractivity contribution >= 4 is 5.91 Å². The molecule has 3 unspecified atom stereocenters.